The molecule has 0 radical (unpaired) electrons. The van der Waals surface area contributed by atoms with Crippen LogP contribution >= 0.6 is 23.2 Å². The zero-order valence-electron chi connectivity index (χ0n) is 11.2. The summed E-state index contributed by atoms with van der Waals surface area (Å²) in [5.74, 6) is 0.0382. The Bertz CT molecular complexity index is 533. The van der Waals surface area contributed by atoms with Gasteiger partial charge in [-0.05, 0) is 36.0 Å². The summed E-state index contributed by atoms with van der Waals surface area (Å²) in [5.41, 5.74) is 1.81. The Morgan fingerprint density at radius 2 is 1.95 bits per heavy atom. The summed E-state index contributed by atoms with van der Waals surface area (Å²) in [4.78, 5) is 12.3. The van der Waals surface area contributed by atoms with Crippen molar-refractivity contribution in [1.29, 1.82) is 0 Å². The number of carbonyl (C=O) groups is 1. The van der Waals surface area contributed by atoms with E-state index in [0.29, 0.717) is 0 Å². The second-order valence-electron chi connectivity index (χ2n) is 5.59. The summed E-state index contributed by atoms with van der Waals surface area (Å²) in [6, 6.07) is 7.74. The number of amides is 1. The lowest BCUT2D eigenvalue weighted by Gasteiger charge is -2.08. The number of benzene rings is 1. The molecular formula is C15H17Cl2NO. The Balaban J connectivity index is 2.10. The van der Waals surface area contributed by atoms with Gasteiger partial charge >= 0.3 is 0 Å². The zero-order chi connectivity index (χ0) is 14.2. The molecule has 0 bridgehead atoms. The number of anilines is 1. The van der Waals surface area contributed by atoms with E-state index in [1.165, 1.54) is 0 Å². The summed E-state index contributed by atoms with van der Waals surface area (Å²) < 4.78 is 0.226. The van der Waals surface area contributed by atoms with Crippen LogP contribution in [-0.4, -0.2) is 5.91 Å². The second kappa shape index (κ2) is 5.18. The molecule has 1 aliphatic carbocycles. The van der Waals surface area contributed by atoms with Gasteiger partial charge in [-0.15, -0.1) is 0 Å². The minimum Gasteiger partial charge on any atom is -0.326 e. The molecule has 0 unspecified atom stereocenters. The van der Waals surface area contributed by atoms with Gasteiger partial charge in [-0.2, -0.15) is 0 Å². The molecule has 2 rings (SSSR count). The van der Waals surface area contributed by atoms with E-state index in [-0.39, 0.29) is 27.6 Å². The van der Waals surface area contributed by atoms with Crippen LogP contribution in [0, 0.1) is 24.2 Å². The summed E-state index contributed by atoms with van der Waals surface area (Å²) in [7, 11) is 0. The van der Waals surface area contributed by atoms with Crippen LogP contribution in [0.25, 0.3) is 0 Å². The summed E-state index contributed by atoms with van der Waals surface area (Å²) >= 11 is 11.4. The summed E-state index contributed by atoms with van der Waals surface area (Å²) in [6.45, 7) is 6.07. The molecule has 4 heteroatoms. The molecule has 0 heterocycles. The molecule has 2 atom stereocenters. The molecule has 102 valence electrons. The lowest BCUT2D eigenvalue weighted by molar-refractivity contribution is -0.118. The molecule has 0 spiro atoms. The molecule has 1 fully saturated rings. The average molecular weight is 298 g/mol. The van der Waals surface area contributed by atoms with E-state index in [2.05, 4.69) is 5.32 Å². The van der Waals surface area contributed by atoms with Gasteiger partial charge in [0.15, 0.2) is 0 Å². The maximum atomic E-state index is 12.3. The molecule has 2 nitrogen and oxygen atoms in total. The minimum atomic E-state index is -0.0954. The topological polar surface area (TPSA) is 29.1 Å². The first-order valence-electron chi connectivity index (χ1n) is 6.23. The standard InChI is InChI=1S/C15H17Cl2NO/c1-9-6-4-5-7-11(9)18-14(19)13-10(8-12(16)17)15(13,2)3/h4-8,10,13H,1-3H3,(H,18,19)/t10-,13-/m0/s1. The molecule has 1 aromatic rings. The first-order chi connectivity index (χ1) is 8.84. The Hall–Kier alpha value is -0.990. The number of para-hydroxylation sites is 1. The van der Waals surface area contributed by atoms with E-state index in [1.54, 1.807) is 6.08 Å². The lowest BCUT2D eigenvalue weighted by atomic mass is 10.1. The number of allylic oxidation sites excluding steroid dienone is 1. The normalized spacial score (nSPS) is 23.6. The van der Waals surface area contributed by atoms with Crippen LogP contribution in [-0.2, 0) is 4.79 Å². The van der Waals surface area contributed by atoms with Crippen LogP contribution in [0.1, 0.15) is 19.4 Å². The fourth-order valence-electron chi connectivity index (χ4n) is 2.55. The van der Waals surface area contributed by atoms with E-state index in [1.807, 2.05) is 45.0 Å². The molecule has 1 saturated carbocycles. The van der Waals surface area contributed by atoms with Crippen molar-refractivity contribution in [3.05, 3.63) is 40.4 Å². The van der Waals surface area contributed by atoms with Gasteiger partial charge in [-0.25, -0.2) is 0 Å². The molecule has 1 aliphatic rings. The zero-order valence-corrected chi connectivity index (χ0v) is 12.7. The van der Waals surface area contributed by atoms with Crippen LogP contribution in [0.5, 0.6) is 0 Å². The van der Waals surface area contributed by atoms with Crippen molar-refractivity contribution in [1.82, 2.24) is 0 Å². The number of carbonyl (C=O) groups excluding carboxylic acids is 1. The van der Waals surface area contributed by atoms with Crippen LogP contribution < -0.4 is 5.32 Å². The maximum Gasteiger partial charge on any atom is 0.228 e. The number of hydrogen-bond donors (Lipinski definition) is 1. The van der Waals surface area contributed by atoms with Crippen molar-refractivity contribution >= 4 is 34.8 Å². The van der Waals surface area contributed by atoms with Crippen LogP contribution in [0.15, 0.2) is 34.8 Å². The van der Waals surface area contributed by atoms with E-state index < -0.39 is 0 Å². The molecule has 0 aromatic heterocycles. The third-order valence-corrected chi connectivity index (χ3v) is 4.15. The van der Waals surface area contributed by atoms with Crippen LogP contribution in [0.2, 0.25) is 0 Å². The average Bonchev–Trinajstić information content (AvgIpc) is 2.82. The van der Waals surface area contributed by atoms with Gasteiger partial charge in [0.1, 0.15) is 4.49 Å². The summed E-state index contributed by atoms with van der Waals surface area (Å²) in [5, 5.41) is 2.98. The molecule has 19 heavy (non-hydrogen) atoms. The van der Waals surface area contributed by atoms with Gasteiger partial charge in [-0.1, -0.05) is 55.2 Å². The maximum absolute atomic E-state index is 12.3. The molecular weight excluding hydrogens is 281 g/mol. The molecule has 0 aliphatic heterocycles. The smallest absolute Gasteiger partial charge is 0.228 e. The van der Waals surface area contributed by atoms with E-state index >= 15 is 0 Å². The lowest BCUT2D eigenvalue weighted by Crippen LogP contribution is -2.17. The van der Waals surface area contributed by atoms with E-state index in [4.69, 9.17) is 23.2 Å². The van der Waals surface area contributed by atoms with Crippen molar-refractivity contribution in [2.45, 2.75) is 20.8 Å². The van der Waals surface area contributed by atoms with E-state index in [9.17, 15) is 4.79 Å². The first-order valence-corrected chi connectivity index (χ1v) is 6.99. The first kappa shape index (κ1) is 14.4. The number of nitrogens with one attached hydrogen (secondary N) is 1. The third-order valence-electron chi connectivity index (χ3n) is 3.90. The van der Waals surface area contributed by atoms with Crippen LogP contribution in [0.4, 0.5) is 5.69 Å². The Labute approximate surface area is 123 Å². The molecule has 1 amide bonds. The van der Waals surface area contributed by atoms with Crippen molar-refractivity contribution in [3.63, 3.8) is 0 Å². The van der Waals surface area contributed by atoms with Crippen molar-refractivity contribution in [3.8, 4) is 0 Å². The SMILES string of the molecule is Cc1ccccc1NC(=O)[C@@H]1[C@H](C=C(Cl)Cl)C1(C)C. The highest BCUT2D eigenvalue weighted by atomic mass is 35.5. The van der Waals surface area contributed by atoms with Gasteiger partial charge in [0, 0.05) is 5.69 Å². The minimum absolute atomic E-state index is 0.0233. The van der Waals surface area contributed by atoms with Crippen LogP contribution in [0.3, 0.4) is 0 Å². The van der Waals surface area contributed by atoms with Gasteiger partial charge < -0.3 is 5.32 Å². The monoisotopic (exact) mass is 297 g/mol. The second-order valence-corrected chi connectivity index (χ2v) is 6.59. The quantitative estimate of drug-likeness (QED) is 0.873. The number of rotatable bonds is 3. The van der Waals surface area contributed by atoms with Gasteiger partial charge in [-0.3, -0.25) is 4.79 Å². The highest BCUT2D eigenvalue weighted by molar-refractivity contribution is 6.55. The predicted molar refractivity (Wildman–Crippen MR) is 80.4 cm³/mol. The van der Waals surface area contributed by atoms with Gasteiger partial charge in [0.05, 0.1) is 5.92 Å². The fraction of sp³-hybridized carbons (Fsp3) is 0.400. The van der Waals surface area contributed by atoms with Crippen molar-refractivity contribution in [2.24, 2.45) is 17.3 Å². The fourth-order valence-corrected chi connectivity index (χ4v) is 2.82. The summed E-state index contributed by atoms with van der Waals surface area (Å²) in [6.07, 6.45) is 1.76. The highest BCUT2D eigenvalue weighted by Crippen LogP contribution is 2.60. The van der Waals surface area contributed by atoms with E-state index in [0.717, 1.165) is 11.3 Å². The van der Waals surface area contributed by atoms with Crippen molar-refractivity contribution in [2.75, 3.05) is 5.32 Å². The Morgan fingerprint density at radius 1 is 1.32 bits per heavy atom. The van der Waals surface area contributed by atoms with Gasteiger partial charge in [0.2, 0.25) is 5.91 Å². The Morgan fingerprint density at radius 3 is 2.53 bits per heavy atom. The highest BCUT2D eigenvalue weighted by Gasteiger charge is 2.60. The molecule has 1 aromatic carbocycles. The Kier molecular flexibility index (Phi) is 3.93. The number of aryl methyl sites for hydroxylation is 1. The largest absolute Gasteiger partial charge is 0.326 e. The number of halogens is 2. The molecule has 1 N–H and O–H groups in total. The number of hydrogen-bond acceptors (Lipinski definition) is 1. The van der Waals surface area contributed by atoms with Crippen molar-refractivity contribution < 1.29 is 4.79 Å². The predicted octanol–water partition coefficient (Wildman–Crippen LogP) is 4.52. The third kappa shape index (κ3) is 2.96. The molecule has 0 saturated heterocycles. The van der Waals surface area contributed by atoms with Gasteiger partial charge in [0.25, 0.3) is 0 Å².